The molecular weight excluding hydrogens is 329 g/mol. The number of carbonyl (C=O) groups is 2. The predicted octanol–water partition coefficient (Wildman–Crippen LogP) is 3.09. The van der Waals surface area contributed by atoms with Crippen LogP contribution in [-0.2, 0) is 0 Å². The van der Waals surface area contributed by atoms with Crippen molar-refractivity contribution < 1.29 is 19.1 Å². The number of nitrogens with zero attached hydrogens (tertiary/aromatic N) is 1. The van der Waals surface area contributed by atoms with E-state index in [-0.39, 0.29) is 22.6 Å². The van der Waals surface area contributed by atoms with Crippen LogP contribution < -0.4 is 4.90 Å². The Bertz CT molecular complexity index is 760. The van der Waals surface area contributed by atoms with Crippen LogP contribution in [0.5, 0.6) is 5.75 Å². The Morgan fingerprint density at radius 3 is 2.40 bits per heavy atom. The molecule has 0 bridgehead atoms. The Morgan fingerprint density at radius 2 is 1.70 bits per heavy atom. The third kappa shape index (κ3) is 1.80. The number of anilines is 1. The lowest BCUT2D eigenvalue weighted by molar-refractivity contribution is 0.0924. The molecule has 0 saturated carbocycles. The highest BCUT2D eigenvalue weighted by Gasteiger charge is 2.38. The molecule has 3 rings (SSSR count). The van der Waals surface area contributed by atoms with Crippen LogP contribution in [-0.4, -0.2) is 16.9 Å². The minimum Gasteiger partial charge on any atom is -0.508 e. The van der Waals surface area contributed by atoms with Crippen molar-refractivity contribution in [2.75, 3.05) is 4.90 Å². The number of aromatic hydroxyl groups is 1. The smallest absolute Gasteiger partial charge is 0.266 e. The molecule has 1 aliphatic rings. The van der Waals surface area contributed by atoms with Gasteiger partial charge in [-0.25, -0.2) is 9.29 Å². The largest absolute Gasteiger partial charge is 0.508 e. The molecule has 100 valence electrons. The van der Waals surface area contributed by atoms with Gasteiger partial charge in [0.15, 0.2) is 5.82 Å². The molecule has 1 N–H and O–H groups in total. The lowest BCUT2D eigenvalue weighted by Gasteiger charge is -2.14. The number of carbonyl (C=O) groups excluding carboxylic acids is 2. The first kappa shape index (κ1) is 12.8. The van der Waals surface area contributed by atoms with E-state index in [0.29, 0.717) is 4.47 Å². The van der Waals surface area contributed by atoms with E-state index in [2.05, 4.69) is 15.9 Å². The first-order chi connectivity index (χ1) is 9.49. The average molecular weight is 336 g/mol. The predicted molar refractivity (Wildman–Crippen MR) is 73.3 cm³/mol. The molecule has 0 aromatic heterocycles. The highest BCUT2D eigenvalue weighted by molar-refractivity contribution is 9.10. The van der Waals surface area contributed by atoms with Gasteiger partial charge in [-0.3, -0.25) is 9.59 Å². The standard InChI is InChI=1S/C14H7BrFNO3/c15-7-1-3-9-10(5-7)14(20)17(13(9)19)12-4-2-8(18)6-11(12)16/h1-6,18H. The van der Waals surface area contributed by atoms with Gasteiger partial charge < -0.3 is 5.11 Å². The molecule has 0 unspecified atom stereocenters. The van der Waals surface area contributed by atoms with Gasteiger partial charge in [-0.2, -0.15) is 0 Å². The monoisotopic (exact) mass is 335 g/mol. The van der Waals surface area contributed by atoms with Gasteiger partial charge >= 0.3 is 0 Å². The summed E-state index contributed by atoms with van der Waals surface area (Å²) in [5.41, 5.74) is 0.271. The Balaban J connectivity index is 2.14. The zero-order valence-corrected chi connectivity index (χ0v) is 11.5. The zero-order valence-electron chi connectivity index (χ0n) is 9.93. The summed E-state index contributed by atoms with van der Waals surface area (Å²) >= 11 is 3.22. The third-order valence-corrected chi connectivity index (χ3v) is 3.51. The maximum Gasteiger partial charge on any atom is 0.266 e. The molecule has 20 heavy (non-hydrogen) atoms. The summed E-state index contributed by atoms with van der Waals surface area (Å²) in [5, 5.41) is 9.19. The fraction of sp³-hybridized carbons (Fsp3) is 0. The fourth-order valence-electron chi connectivity index (χ4n) is 2.11. The molecule has 2 aromatic carbocycles. The number of rotatable bonds is 1. The van der Waals surface area contributed by atoms with Crippen LogP contribution in [0, 0.1) is 5.82 Å². The molecule has 4 nitrogen and oxygen atoms in total. The Kier molecular flexibility index (Phi) is 2.83. The van der Waals surface area contributed by atoms with E-state index < -0.39 is 17.6 Å². The second-order valence-electron chi connectivity index (χ2n) is 4.27. The van der Waals surface area contributed by atoms with E-state index in [1.165, 1.54) is 24.3 Å². The molecule has 1 aliphatic heterocycles. The van der Waals surface area contributed by atoms with Crippen LogP contribution in [0.4, 0.5) is 10.1 Å². The molecule has 1 heterocycles. The average Bonchev–Trinajstić information content (AvgIpc) is 2.63. The lowest BCUT2D eigenvalue weighted by Crippen LogP contribution is -2.30. The Hall–Kier alpha value is -2.21. The van der Waals surface area contributed by atoms with E-state index in [9.17, 15) is 19.1 Å². The van der Waals surface area contributed by atoms with Gasteiger partial charge in [0.25, 0.3) is 11.8 Å². The summed E-state index contributed by atoms with van der Waals surface area (Å²) in [4.78, 5) is 25.2. The molecule has 2 aromatic rings. The van der Waals surface area contributed by atoms with Crippen molar-refractivity contribution in [3.63, 3.8) is 0 Å². The number of amides is 2. The van der Waals surface area contributed by atoms with Crippen molar-refractivity contribution in [1.29, 1.82) is 0 Å². The summed E-state index contributed by atoms with van der Waals surface area (Å²) in [7, 11) is 0. The number of phenolic OH excluding ortho intramolecular Hbond substituents is 1. The molecule has 2 amide bonds. The van der Waals surface area contributed by atoms with Crippen LogP contribution in [0.1, 0.15) is 20.7 Å². The maximum absolute atomic E-state index is 13.8. The van der Waals surface area contributed by atoms with Crippen molar-refractivity contribution in [3.8, 4) is 5.75 Å². The number of benzene rings is 2. The first-order valence-electron chi connectivity index (χ1n) is 5.66. The highest BCUT2D eigenvalue weighted by Crippen LogP contribution is 2.32. The van der Waals surface area contributed by atoms with Crippen molar-refractivity contribution in [2.24, 2.45) is 0 Å². The molecular formula is C14H7BrFNO3. The quantitative estimate of drug-likeness (QED) is 0.814. The molecule has 0 aliphatic carbocycles. The number of hydrogen-bond acceptors (Lipinski definition) is 3. The minimum absolute atomic E-state index is 0.176. The van der Waals surface area contributed by atoms with Gasteiger partial charge in [0.05, 0.1) is 16.8 Å². The second-order valence-corrected chi connectivity index (χ2v) is 5.19. The van der Waals surface area contributed by atoms with E-state index in [0.717, 1.165) is 11.0 Å². The Labute approximate surface area is 121 Å². The topological polar surface area (TPSA) is 57.6 Å². The van der Waals surface area contributed by atoms with Crippen molar-refractivity contribution in [3.05, 3.63) is 57.8 Å². The molecule has 0 atom stereocenters. The molecule has 0 fully saturated rings. The normalized spacial score (nSPS) is 13.8. The summed E-state index contributed by atoms with van der Waals surface area (Å²) in [6, 6.07) is 7.95. The number of hydrogen-bond donors (Lipinski definition) is 1. The van der Waals surface area contributed by atoms with Gasteiger partial charge in [0, 0.05) is 10.5 Å². The molecule has 0 radical (unpaired) electrons. The fourth-order valence-corrected chi connectivity index (χ4v) is 2.47. The number of phenols is 1. The summed E-state index contributed by atoms with van der Waals surface area (Å²) < 4.78 is 14.5. The van der Waals surface area contributed by atoms with E-state index >= 15 is 0 Å². The van der Waals surface area contributed by atoms with Gasteiger partial charge in [0.1, 0.15) is 5.75 Å². The maximum atomic E-state index is 13.8. The number of fused-ring (bicyclic) bond motifs is 1. The van der Waals surface area contributed by atoms with Gasteiger partial charge in [-0.1, -0.05) is 15.9 Å². The Morgan fingerprint density at radius 1 is 1.00 bits per heavy atom. The van der Waals surface area contributed by atoms with Crippen molar-refractivity contribution in [1.82, 2.24) is 0 Å². The van der Waals surface area contributed by atoms with Gasteiger partial charge in [-0.15, -0.1) is 0 Å². The van der Waals surface area contributed by atoms with E-state index in [1.54, 1.807) is 6.07 Å². The van der Waals surface area contributed by atoms with Crippen LogP contribution in [0.25, 0.3) is 0 Å². The van der Waals surface area contributed by atoms with Crippen molar-refractivity contribution in [2.45, 2.75) is 0 Å². The summed E-state index contributed by atoms with van der Waals surface area (Å²) in [6.07, 6.45) is 0. The second kappa shape index (κ2) is 4.42. The van der Waals surface area contributed by atoms with Crippen LogP contribution >= 0.6 is 15.9 Å². The number of imide groups is 1. The SMILES string of the molecule is O=C1c2ccc(Br)cc2C(=O)N1c1ccc(O)cc1F. The highest BCUT2D eigenvalue weighted by atomic mass is 79.9. The third-order valence-electron chi connectivity index (χ3n) is 3.02. The summed E-state index contributed by atoms with van der Waals surface area (Å²) in [5.74, 6) is -2.28. The first-order valence-corrected chi connectivity index (χ1v) is 6.45. The van der Waals surface area contributed by atoms with E-state index in [4.69, 9.17) is 0 Å². The molecule has 0 saturated heterocycles. The summed E-state index contributed by atoms with van der Waals surface area (Å²) in [6.45, 7) is 0. The van der Waals surface area contributed by atoms with E-state index in [1.807, 2.05) is 0 Å². The molecule has 6 heteroatoms. The van der Waals surface area contributed by atoms with Gasteiger partial charge in [0.2, 0.25) is 0 Å². The minimum atomic E-state index is -0.835. The van der Waals surface area contributed by atoms with Crippen LogP contribution in [0.2, 0.25) is 0 Å². The lowest BCUT2D eigenvalue weighted by atomic mass is 10.1. The van der Waals surface area contributed by atoms with Gasteiger partial charge in [-0.05, 0) is 30.3 Å². The number of halogens is 2. The molecule has 0 spiro atoms. The van der Waals surface area contributed by atoms with Crippen LogP contribution in [0.3, 0.4) is 0 Å². The van der Waals surface area contributed by atoms with Crippen molar-refractivity contribution >= 4 is 33.4 Å². The zero-order chi connectivity index (χ0) is 14.4. The van der Waals surface area contributed by atoms with Crippen LogP contribution in [0.15, 0.2) is 40.9 Å².